The van der Waals surface area contributed by atoms with Crippen LogP contribution >= 0.6 is 0 Å². The van der Waals surface area contributed by atoms with Gasteiger partial charge in [0.2, 0.25) is 0 Å². The summed E-state index contributed by atoms with van der Waals surface area (Å²) >= 11 is 0. The maximum atomic E-state index is 5.43. The van der Waals surface area contributed by atoms with E-state index < -0.39 is 0 Å². The van der Waals surface area contributed by atoms with Gasteiger partial charge in [0, 0.05) is 12.5 Å². The number of rotatable bonds is 7. The number of methoxy groups -OCH3 is 2. The van der Waals surface area contributed by atoms with Gasteiger partial charge in [-0.3, -0.25) is 0 Å². The van der Waals surface area contributed by atoms with E-state index in [9.17, 15) is 0 Å². The predicted molar refractivity (Wildman–Crippen MR) is 116 cm³/mol. The number of ether oxygens (including phenoxy) is 2. The van der Waals surface area contributed by atoms with Crippen LogP contribution in [-0.2, 0) is 0 Å². The second-order valence-electron chi connectivity index (χ2n) is 6.36. The van der Waals surface area contributed by atoms with E-state index in [4.69, 9.17) is 15.9 Å². The van der Waals surface area contributed by atoms with Gasteiger partial charge in [0.15, 0.2) is 11.5 Å². The molecule has 150 valence electrons. The first-order valence-electron chi connectivity index (χ1n) is 9.34. The molecule has 2 aromatic rings. The first kappa shape index (κ1) is 23.0. The highest BCUT2D eigenvalue weighted by molar-refractivity contribution is 5.64. The van der Waals surface area contributed by atoms with Gasteiger partial charge >= 0.3 is 0 Å². The van der Waals surface area contributed by atoms with E-state index in [1.165, 1.54) is 5.57 Å². The lowest BCUT2D eigenvalue weighted by molar-refractivity contribution is 0.352. The molecule has 0 fully saturated rings. The fraction of sp³-hybridized carbons (Fsp3) is 0.391. The van der Waals surface area contributed by atoms with E-state index >= 15 is 0 Å². The number of benzene rings is 1. The molecule has 0 bridgehead atoms. The number of terminal acetylenes is 1. The van der Waals surface area contributed by atoms with Crippen molar-refractivity contribution in [3.63, 3.8) is 0 Å². The van der Waals surface area contributed by atoms with Crippen LogP contribution in [0.3, 0.4) is 0 Å². The molecule has 0 saturated heterocycles. The molecule has 0 atom stereocenters. The van der Waals surface area contributed by atoms with Crippen LogP contribution in [-0.4, -0.2) is 29.2 Å². The Kier molecular flexibility index (Phi) is 9.59. The fourth-order valence-electron chi connectivity index (χ4n) is 2.75. The normalized spacial score (nSPS) is 10.5. The Balaban J connectivity index is 0.000000568. The molecule has 0 radical (unpaired) electrons. The highest BCUT2D eigenvalue weighted by Gasteiger charge is 2.14. The molecule has 1 aromatic heterocycles. The van der Waals surface area contributed by atoms with E-state index in [0.717, 1.165) is 41.1 Å². The maximum absolute atomic E-state index is 5.43. The molecular formula is C23H31N3O2. The lowest BCUT2D eigenvalue weighted by Crippen LogP contribution is -2.04. The zero-order chi connectivity index (χ0) is 21.1. The zero-order valence-corrected chi connectivity index (χ0v) is 17.9. The summed E-state index contributed by atoms with van der Waals surface area (Å²) in [6.45, 7) is 11.8. The largest absolute Gasteiger partial charge is 0.493 e. The Morgan fingerprint density at radius 3 is 2.46 bits per heavy atom. The second-order valence-corrected chi connectivity index (χ2v) is 6.36. The molecule has 0 aliphatic heterocycles. The predicted octanol–water partition coefficient (Wildman–Crippen LogP) is 5.38. The summed E-state index contributed by atoms with van der Waals surface area (Å²) in [7, 11) is 3.28. The molecule has 0 N–H and O–H groups in total. The van der Waals surface area contributed by atoms with Crippen LogP contribution in [0.4, 0.5) is 0 Å². The van der Waals surface area contributed by atoms with Crippen molar-refractivity contribution in [1.29, 1.82) is 0 Å². The summed E-state index contributed by atoms with van der Waals surface area (Å²) in [5.41, 5.74) is 5.21. The average molecular weight is 382 g/mol. The molecule has 1 heterocycles. The minimum Gasteiger partial charge on any atom is -0.493 e. The van der Waals surface area contributed by atoms with Gasteiger partial charge in [-0.25, -0.2) is 4.68 Å². The Labute approximate surface area is 169 Å². The number of hydrogen-bond acceptors (Lipinski definition) is 4. The first-order chi connectivity index (χ1) is 13.4. The van der Waals surface area contributed by atoms with Crippen molar-refractivity contribution >= 4 is 5.57 Å². The van der Waals surface area contributed by atoms with E-state index in [0.29, 0.717) is 12.2 Å². The van der Waals surface area contributed by atoms with Gasteiger partial charge in [0.25, 0.3) is 0 Å². The third-order valence-corrected chi connectivity index (χ3v) is 4.01. The van der Waals surface area contributed by atoms with Crippen molar-refractivity contribution in [1.82, 2.24) is 15.0 Å². The average Bonchev–Trinajstić information content (AvgIpc) is 3.15. The van der Waals surface area contributed by atoms with E-state index in [1.54, 1.807) is 20.4 Å². The summed E-state index contributed by atoms with van der Waals surface area (Å²) in [6, 6.07) is 3.95. The van der Waals surface area contributed by atoms with E-state index in [-0.39, 0.29) is 0 Å². The molecule has 0 aliphatic rings. The van der Waals surface area contributed by atoms with Crippen LogP contribution in [0.2, 0.25) is 0 Å². The van der Waals surface area contributed by atoms with E-state index in [2.05, 4.69) is 42.7 Å². The van der Waals surface area contributed by atoms with Crippen LogP contribution in [0, 0.1) is 19.3 Å². The van der Waals surface area contributed by atoms with E-state index in [1.807, 2.05) is 30.7 Å². The Bertz CT molecular complexity index is 857. The summed E-state index contributed by atoms with van der Waals surface area (Å²) in [5, 5.41) is 8.32. The highest BCUT2D eigenvalue weighted by atomic mass is 16.5. The van der Waals surface area contributed by atoms with Gasteiger partial charge in [-0.05, 0) is 43.9 Å². The summed E-state index contributed by atoms with van der Waals surface area (Å²) in [5.74, 6) is 3.90. The summed E-state index contributed by atoms with van der Waals surface area (Å²) < 4.78 is 12.7. The SMILES string of the molecule is C#CCC(=C)C.CC/C=C(\CC)c1cnnn1-c1cc(C)c(OC)c(OC)c1. The minimum absolute atomic E-state index is 0.691. The van der Waals surface area contributed by atoms with Gasteiger partial charge in [-0.2, -0.15) is 0 Å². The zero-order valence-electron chi connectivity index (χ0n) is 17.9. The highest BCUT2D eigenvalue weighted by Crippen LogP contribution is 2.34. The van der Waals surface area contributed by atoms with Gasteiger partial charge < -0.3 is 9.47 Å². The van der Waals surface area contributed by atoms with Crippen molar-refractivity contribution in [2.75, 3.05) is 14.2 Å². The van der Waals surface area contributed by atoms with Crippen molar-refractivity contribution in [3.05, 3.63) is 47.8 Å². The van der Waals surface area contributed by atoms with Crippen LogP contribution < -0.4 is 9.47 Å². The second kappa shape index (κ2) is 11.7. The molecule has 1 aromatic carbocycles. The Hall–Kier alpha value is -3.00. The van der Waals surface area contributed by atoms with Crippen LogP contribution in [0.5, 0.6) is 11.5 Å². The summed E-state index contributed by atoms with van der Waals surface area (Å²) in [4.78, 5) is 0. The number of aromatic nitrogens is 3. The van der Waals surface area contributed by atoms with Crippen molar-refractivity contribution in [2.24, 2.45) is 0 Å². The van der Waals surface area contributed by atoms with Gasteiger partial charge in [-0.1, -0.05) is 37.3 Å². The molecular weight excluding hydrogens is 350 g/mol. The van der Waals surface area contributed by atoms with Gasteiger partial charge in [0.1, 0.15) is 0 Å². The lowest BCUT2D eigenvalue weighted by atomic mass is 10.1. The molecule has 0 unspecified atom stereocenters. The molecule has 5 nitrogen and oxygen atoms in total. The summed E-state index contributed by atoms with van der Waals surface area (Å²) in [6.07, 6.45) is 11.6. The molecule has 5 heteroatoms. The molecule has 28 heavy (non-hydrogen) atoms. The van der Waals surface area contributed by atoms with Crippen molar-refractivity contribution in [2.45, 2.75) is 47.0 Å². The molecule has 2 rings (SSSR count). The molecule has 0 amide bonds. The third kappa shape index (κ3) is 6.02. The van der Waals surface area contributed by atoms with Crippen LogP contribution in [0.25, 0.3) is 11.3 Å². The minimum atomic E-state index is 0.691. The Morgan fingerprint density at radius 1 is 1.29 bits per heavy atom. The standard InChI is InChI=1S/C17H23N3O2.C6H8/c1-6-8-13(7-2)15-11-18-19-20(15)14-9-12(3)17(22-5)16(10-14)21-4;1-4-5-6(2)3/h8-11H,6-7H2,1-5H3;1H,2,5H2,3H3/b13-8+;. The number of hydrogen-bond donors (Lipinski definition) is 0. The first-order valence-corrected chi connectivity index (χ1v) is 9.34. The van der Waals surface area contributed by atoms with Crippen molar-refractivity contribution in [3.8, 4) is 29.5 Å². The quantitative estimate of drug-likeness (QED) is 0.477. The van der Waals surface area contributed by atoms with Gasteiger partial charge in [0.05, 0.1) is 31.8 Å². The lowest BCUT2D eigenvalue weighted by Gasteiger charge is -2.14. The number of nitrogens with zero attached hydrogens (tertiary/aromatic N) is 3. The fourth-order valence-corrected chi connectivity index (χ4v) is 2.75. The monoisotopic (exact) mass is 381 g/mol. The van der Waals surface area contributed by atoms with Gasteiger partial charge in [-0.15, -0.1) is 17.4 Å². The van der Waals surface area contributed by atoms with Crippen LogP contribution in [0.1, 0.15) is 51.3 Å². The number of aryl methyl sites for hydroxylation is 1. The molecule has 0 saturated carbocycles. The maximum Gasteiger partial charge on any atom is 0.163 e. The number of allylic oxidation sites excluding steroid dienone is 3. The molecule has 0 spiro atoms. The van der Waals surface area contributed by atoms with Crippen LogP contribution in [0.15, 0.2) is 36.6 Å². The Morgan fingerprint density at radius 2 is 2.00 bits per heavy atom. The topological polar surface area (TPSA) is 49.2 Å². The smallest absolute Gasteiger partial charge is 0.163 e. The third-order valence-electron chi connectivity index (χ3n) is 4.01. The molecule has 0 aliphatic carbocycles. The van der Waals surface area contributed by atoms with Crippen molar-refractivity contribution < 1.29 is 9.47 Å².